The van der Waals surface area contributed by atoms with Crippen molar-refractivity contribution in [3.05, 3.63) is 110 Å². The first-order valence-corrected chi connectivity index (χ1v) is 14.6. The fourth-order valence-electron chi connectivity index (χ4n) is 4.25. The van der Waals surface area contributed by atoms with Crippen LogP contribution in [0.4, 0.5) is 0 Å². The van der Waals surface area contributed by atoms with E-state index in [0.717, 1.165) is 44.7 Å². The number of hydrogen-bond donors (Lipinski definition) is 0. The lowest BCUT2D eigenvalue weighted by molar-refractivity contribution is 0.289. The minimum Gasteiger partial charge on any atom is -0.494 e. The van der Waals surface area contributed by atoms with Crippen LogP contribution >= 0.6 is 27.3 Å². The van der Waals surface area contributed by atoms with Crippen LogP contribution in [0.3, 0.4) is 0 Å². The van der Waals surface area contributed by atoms with Crippen LogP contribution in [0.15, 0.2) is 94.3 Å². The van der Waals surface area contributed by atoms with Gasteiger partial charge in [-0.25, -0.2) is 4.68 Å². The zero-order valence-electron chi connectivity index (χ0n) is 22.0. The highest BCUT2D eigenvalue weighted by Crippen LogP contribution is 2.27. The molecule has 6 aromatic rings. The second kappa shape index (κ2) is 11.2. The lowest BCUT2D eigenvalue weighted by atomic mass is 10.1. The topological polar surface area (TPSA) is 74.3 Å². The summed E-state index contributed by atoms with van der Waals surface area (Å²) in [5.74, 6) is 1.94. The van der Waals surface area contributed by atoms with E-state index < -0.39 is 0 Å². The quantitative estimate of drug-likeness (QED) is 0.199. The summed E-state index contributed by atoms with van der Waals surface area (Å²) in [6, 6.07) is 25.6. The van der Waals surface area contributed by atoms with Gasteiger partial charge >= 0.3 is 0 Å². The highest BCUT2D eigenvalue weighted by Gasteiger charge is 2.15. The third kappa shape index (κ3) is 5.48. The van der Waals surface area contributed by atoms with Crippen molar-refractivity contribution in [3.63, 3.8) is 0 Å². The van der Waals surface area contributed by atoms with Crippen molar-refractivity contribution in [2.75, 3.05) is 6.61 Å². The summed E-state index contributed by atoms with van der Waals surface area (Å²) in [7, 11) is 0. The van der Waals surface area contributed by atoms with Crippen LogP contribution < -0.4 is 14.8 Å². The number of fused-ring (bicyclic) bond motifs is 1. The summed E-state index contributed by atoms with van der Waals surface area (Å²) in [5.41, 5.74) is 4.11. The Morgan fingerprint density at radius 3 is 2.38 bits per heavy atom. The normalized spacial score (nSPS) is 12.1. The molecule has 9 heteroatoms. The molecule has 0 amide bonds. The highest BCUT2D eigenvalue weighted by atomic mass is 79.9. The molecule has 0 spiro atoms. The first-order chi connectivity index (χ1) is 19.4. The number of thiazole rings is 1. The van der Waals surface area contributed by atoms with Gasteiger partial charge in [0.15, 0.2) is 5.82 Å². The van der Waals surface area contributed by atoms with Gasteiger partial charge in [-0.3, -0.25) is 4.79 Å². The SMILES string of the molecule is CC(C)CCOc1ccc(-c2nn(-c3ccccc3)cc2/C=c2\sc3nc(-c4ccc(Br)cc4)nn3c2=O)cc1. The standard InChI is InChI=1S/C31H26BrN5O2S/c1-20(2)16-17-39-26-14-10-21(11-15-26)28-23(19-36(34-28)25-6-4-3-5-7-25)18-27-30(38)37-31(40-27)33-29(35-37)22-8-12-24(32)13-9-22/h3-15,18-20H,16-17H2,1-2H3/b27-18-. The first-order valence-electron chi connectivity index (χ1n) is 13.0. The summed E-state index contributed by atoms with van der Waals surface area (Å²) in [6.07, 6.45) is 4.82. The van der Waals surface area contributed by atoms with Gasteiger partial charge < -0.3 is 4.74 Å². The van der Waals surface area contributed by atoms with Crippen molar-refractivity contribution in [1.29, 1.82) is 0 Å². The van der Waals surface area contributed by atoms with E-state index >= 15 is 0 Å². The molecule has 200 valence electrons. The molecular weight excluding hydrogens is 586 g/mol. The minimum absolute atomic E-state index is 0.205. The lowest BCUT2D eigenvalue weighted by Gasteiger charge is -2.08. The largest absolute Gasteiger partial charge is 0.494 e. The number of hydrogen-bond acceptors (Lipinski definition) is 6. The fraction of sp³-hybridized carbons (Fsp3) is 0.161. The minimum atomic E-state index is -0.205. The van der Waals surface area contributed by atoms with Gasteiger partial charge in [0.05, 0.1) is 16.8 Å². The van der Waals surface area contributed by atoms with Gasteiger partial charge in [-0.1, -0.05) is 71.4 Å². The monoisotopic (exact) mass is 611 g/mol. The molecule has 0 N–H and O–H groups in total. The smallest absolute Gasteiger partial charge is 0.291 e. The zero-order chi connectivity index (χ0) is 27.6. The molecule has 0 bridgehead atoms. The second-order valence-electron chi connectivity index (χ2n) is 9.82. The Hall–Kier alpha value is -4.08. The lowest BCUT2D eigenvalue weighted by Crippen LogP contribution is -2.23. The van der Waals surface area contributed by atoms with Crippen LogP contribution in [0, 0.1) is 5.92 Å². The summed E-state index contributed by atoms with van der Waals surface area (Å²) in [5, 5.41) is 9.39. The zero-order valence-corrected chi connectivity index (χ0v) is 24.4. The third-order valence-electron chi connectivity index (χ3n) is 6.43. The molecule has 40 heavy (non-hydrogen) atoms. The Balaban J connectivity index is 1.38. The predicted molar refractivity (Wildman–Crippen MR) is 163 cm³/mol. The van der Waals surface area contributed by atoms with E-state index in [1.54, 1.807) is 0 Å². The van der Waals surface area contributed by atoms with E-state index in [0.29, 0.717) is 27.8 Å². The van der Waals surface area contributed by atoms with E-state index in [1.165, 1.54) is 15.9 Å². The van der Waals surface area contributed by atoms with E-state index in [4.69, 9.17) is 9.84 Å². The number of benzene rings is 3. The molecule has 0 fully saturated rings. The number of nitrogens with zero attached hydrogens (tertiary/aromatic N) is 5. The number of aromatic nitrogens is 5. The molecule has 3 heterocycles. The van der Waals surface area contributed by atoms with Crippen molar-refractivity contribution >= 4 is 38.3 Å². The molecule has 6 rings (SSSR count). The van der Waals surface area contributed by atoms with Crippen molar-refractivity contribution in [1.82, 2.24) is 24.4 Å². The number of halogens is 1. The fourth-order valence-corrected chi connectivity index (χ4v) is 5.41. The van der Waals surface area contributed by atoms with Gasteiger partial charge in [0.25, 0.3) is 5.56 Å². The highest BCUT2D eigenvalue weighted by molar-refractivity contribution is 9.10. The van der Waals surface area contributed by atoms with Gasteiger partial charge in [-0.15, -0.1) is 5.10 Å². The van der Waals surface area contributed by atoms with E-state index in [1.807, 2.05) is 95.8 Å². The van der Waals surface area contributed by atoms with Gasteiger partial charge in [-0.05, 0) is 66.9 Å². The average Bonchev–Trinajstić information content (AvgIpc) is 3.65. The van der Waals surface area contributed by atoms with Gasteiger partial charge in [0.2, 0.25) is 4.96 Å². The van der Waals surface area contributed by atoms with Crippen LogP contribution in [0.5, 0.6) is 5.75 Å². The summed E-state index contributed by atoms with van der Waals surface area (Å²) < 4.78 is 10.6. The summed E-state index contributed by atoms with van der Waals surface area (Å²) in [4.78, 5) is 18.5. The predicted octanol–water partition coefficient (Wildman–Crippen LogP) is 6.41. The third-order valence-corrected chi connectivity index (χ3v) is 7.91. The van der Waals surface area contributed by atoms with Crippen LogP contribution in [0.1, 0.15) is 25.8 Å². The molecule has 0 radical (unpaired) electrons. The van der Waals surface area contributed by atoms with E-state index in [9.17, 15) is 4.79 Å². The van der Waals surface area contributed by atoms with Crippen LogP contribution in [0.2, 0.25) is 0 Å². The van der Waals surface area contributed by atoms with Crippen molar-refractivity contribution in [3.8, 4) is 34.1 Å². The van der Waals surface area contributed by atoms with Crippen LogP contribution in [0.25, 0.3) is 39.4 Å². The van der Waals surface area contributed by atoms with Crippen LogP contribution in [-0.4, -0.2) is 31.0 Å². The average molecular weight is 613 g/mol. The molecule has 0 aliphatic carbocycles. The maximum absolute atomic E-state index is 13.3. The Morgan fingerprint density at radius 1 is 0.950 bits per heavy atom. The molecular formula is C31H26BrN5O2S. The van der Waals surface area contributed by atoms with Crippen molar-refractivity contribution in [2.45, 2.75) is 20.3 Å². The molecule has 0 aliphatic heterocycles. The maximum Gasteiger partial charge on any atom is 0.291 e. The number of rotatable bonds is 8. The van der Waals surface area contributed by atoms with Crippen molar-refractivity contribution < 1.29 is 4.74 Å². The molecule has 0 aliphatic rings. The number of ether oxygens (including phenoxy) is 1. The number of para-hydroxylation sites is 1. The Morgan fingerprint density at radius 2 is 1.68 bits per heavy atom. The molecule has 7 nitrogen and oxygen atoms in total. The van der Waals surface area contributed by atoms with Crippen molar-refractivity contribution in [2.24, 2.45) is 5.92 Å². The molecule has 0 atom stereocenters. The van der Waals surface area contributed by atoms with Crippen LogP contribution in [-0.2, 0) is 0 Å². The van der Waals surface area contributed by atoms with Gasteiger partial charge in [-0.2, -0.15) is 14.6 Å². The van der Waals surface area contributed by atoms with E-state index in [2.05, 4.69) is 39.9 Å². The maximum atomic E-state index is 13.3. The van der Waals surface area contributed by atoms with Gasteiger partial charge in [0.1, 0.15) is 11.4 Å². The molecule has 0 unspecified atom stereocenters. The van der Waals surface area contributed by atoms with Gasteiger partial charge in [0, 0.05) is 27.4 Å². The Bertz CT molecular complexity index is 1870. The Kier molecular flexibility index (Phi) is 7.32. The summed E-state index contributed by atoms with van der Waals surface area (Å²) >= 11 is 4.76. The van der Waals surface area contributed by atoms with E-state index in [-0.39, 0.29) is 5.56 Å². The summed E-state index contributed by atoms with van der Waals surface area (Å²) in [6.45, 7) is 5.05. The second-order valence-corrected chi connectivity index (χ2v) is 11.7. The molecule has 3 aromatic heterocycles. The molecule has 0 saturated carbocycles. The first kappa shape index (κ1) is 26.2. The Labute approximate surface area is 243 Å². The molecule has 3 aromatic carbocycles. The molecule has 0 saturated heterocycles.